The summed E-state index contributed by atoms with van der Waals surface area (Å²) in [4.78, 5) is 17.8. The number of fused-ring (bicyclic) bond motifs is 1. The van der Waals surface area contributed by atoms with Gasteiger partial charge in [-0.2, -0.15) is 0 Å². The van der Waals surface area contributed by atoms with Gasteiger partial charge in [-0.3, -0.25) is 4.79 Å². The van der Waals surface area contributed by atoms with Gasteiger partial charge in [-0.05, 0) is 48.4 Å². The number of nitrogens with one attached hydrogen (secondary N) is 2. The van der Waals surface area contributed by atoms with Crippen molar-refractivity contribution in [2.45, 2.75) is 25.3 Å². The number of nitrogens with zero attached hydrogens (tertiary/aromatic N) is 1. The molecule has 0 aromatic carbocycles. The molecule has 0 aliphatic heterocycles. The Hall–Kier alpha value is -1.92. The van der Waals surface area contributed by atoms with E-state index in [9.17, 15) is 4.79 Å². The first-order valence-corrected chi connectivity index (χ1v) is 7.46. The van der Waals surface area contributed by atoms with Crippen LogP contribution in [0.4, 0.5) is 5.82 Å². The number of anilines is 1. The molecular weight excluding hydrogens is 272 g/mol. The van der Waals surface area contributed by atoms with E-state index in [1.54, 1.807) is 29.5 Å². The maximum atomic E-state index is 12.3. The number of hydrazine groups is 1. The van der Waals surface area contributed by atoms with Crippen LogP contribution >= 0.6 is 11.3 Å². The van der Waals surface area contributed by atoms with Crippen LogP contribution < -0.4 is 16.6 Å². The largest absolute Gasteiger partial charge is 0.344 e. The molecule has 6 heteroatoms. The fourth-order valence-electron chi connectivity index (χ4n) is 2.51. The highest BCUT2D eigenvalue weighted by Crippen LogP contribution is 2.33. The van der Waals surface area contributed by atoms with Crippen LogP contribution in [0.5, 0.6) is 0 Å². The lowest BCUT2D eigenvalue weighted by atomic mass is 9.94. The molecule has 0 saturated heterocycles. The minimum Gasteiger partial charge on any atom is -0.344 e. The highest BCUT2D eigenvalue weighted by molar-refractivity contribution is 7.10. The van der Waals surface area contributed by atoms with Gasteiger partial charge in [0.05, 0.1) is 6.04 Å². The van der Waals surface area contributed by atoms with Crippen molar-refractivity contribution in [3.05, 3.63) is 45.8 Å². The predicted octanol–water partition coefficient (Wildman–Crippen LogP) is 2.24. The second kappa shape index (κ2) is 5.60. The molecule has 5 nitrogen and oxygen atoms in total. The molecule has 1 atom stereocenters. The minimum absolute atomic E-state index is 0.0915. The van der Waals surface area contributed by atoms with Crippen molar-refractivity contribution in [1.82, 2.24) is 10.3 Å². The van der Waals surface area contributed by atoms with Gasteiger partial charge in [0.15, 0.2) is 0 Å². The minimum atomic E-state index is -0.161. The fraction of sp³-hybridized carbons (Fsp3) is 0.286. The maximum absolute atomic E-state index is 12.3. The van der Waals surface area contributed by atoms with Crippen LogP contribution in [-0.4, -0.2) is 10.9 Å². The van der Waals surface area contributed by atoms with Crippen LogP contribution in [-0.2, 0) is 6.42 Å². The third-order valence-electron chi connectivity index (χ3n) is 3.49. The number of hydrogen-bond donors (Lipinski definition) is 3. The SMILES string of the molecule is NNc1cccc(C(=O)NC2CCCc3sccc32)n1. The van der Waals surface area contributed by atoms with Gasteiger partial charge in [0.2, 0.25) is 0 Å². The molecule has 1 aliphatic rings. The summed E-state index contributed by atoms with van der Waals surface area (Å²) in [5.74, 6) is 5.63. The zero-order valence-electron chi connectivity index (χ0n) is 10.9. The monoisotopic (exact) mass is 288 g/mol. The van der Waals surface area contributed by atoms with E-state index in [1.807, 2.05) is 0 Å². The Morgan fingerprint density at radius 2 is 2.30 bits per heavy atom. The molecule has 1 amide bonds. The van der Waals surface area contributed by atoms with Gasteiger partial charge in [0, 0.05) is 4.88 Å². The Kier molecular flexibility index (Phi) is 3.66. The van der Waals surface area contributed by atoms with Crippen molar-refractivity contribution >= 4 is 23.1 Å². The van der Waals surface area contributed by atoms with Gasteiger partial charge in [-0.1, -0.05) is 6.07 Å². The van der Waals surface area contributed by atoms with Crippen molar-refractivity contribution in [3.8, 4) is 0 Å². The molecule has 0 bridgehead atoms. The molecule has 2 aromatic rings. The fourth-order valence-corrected chi connectivity index (χ4v) is 3.50. The summed E-state index contributed by atoms with van der Waals surface area (Å²) in [7, 11) is 0. The summed E-state index contributed by atoms with van der Waals surface area (Å²) in [5.41, 5.74) is 4.08. The van der Waals surface area contributed by atoms with E-state index in [0.717, 1.165) is 19.3 Å². The van der Waals surface area contributed by atoms with E-state index in [0.29, 0.717) is 11.5 Å². The Labute approximate surface area is 121 Å². The van der Waals surface area contributed by atoms with E-state index in [4.69, 9.17) is 5.84 Å². The van der Waals surface area contributed by atoms with Gasteiger partial charge in [0.25, 0.3) is 5.91 Å². The first-order valence-electron chi connectivity index (χ1n) is 6.59. The highest BCUT2D eigenvalue weighted by Gasteiger charge is 2.23. The van der Waals surface area contributed by atoms with E-state index >= 15 is 0 Å². The van der Waals surface area contributed by atoms with Gasteiger partial charge < -0.3 is 10.7 Å². The molecule has 0 fully saturated rings. The van der Waals surface area contributed by atoms with Crippen molar-refractivity contribution in [3.63, 3.8) is 0 Å². The summed E-state index contributed by atoms with van der Waals surface area (Å²) < 4.78 is 0. The molecule has 20 heavy (non-hydrogen) atoms. The zero-order chi connectivity index (χ0) is 13.9. The van der Waals surface area contributed by atoms with Gasteiger partial charge in [-0.25, -0.2) is 10.8 Å². The van der Waals surface area contributed by atoms with Crippen molar-refractivity contribution in [2.75, 3.05) is 5.43 Å². The number of carbonyl (C=O) groups excluding carboxylic acids is 1. The number of pyridine rings is 1. The number of hydrogen-bond acceptors (Lipinski definition) is 5. The van der Waals surface area contributed by atoms with E-state index in [1.165, 1.54) is 10.4 Å². The van der Waals surface area contributed by atoms with Crippen LogP contribution in [0.1, 0.15) is 39.8 Å². The van der Waals surface area contributed by atoms with Gasteiger partial charge in [-0.15, -0.1) is 11.3 Å². The number of aryl methyl sites for hydroxylation is 1. The molecule has 1 aliphatic carbocycles. The van der Waals surface area contributed by atoms with Crippen LogP contribution in [0.3, 0.4) is 0 Å². The van der Waals surface area contributed by atoms with Crippen molar-refractivity contribution < 1.29 is 4.79 Å². The maximum Gasteiger partial charge on any atom is 0.270 e. The number of thiophene rings is 1. The smallest absolute Gasteiger partial charge is 0.270 e. The lowest BCUT2D eigenvalue weighted by Gasteiger charge is -2.23. The molecule has 2 heterocycles. The molecule has 104 valence electrons. The average molecular weight is 288 g/mol. The van der Waals surface area contributed by atoms with Crippen LogP contribution in [0.25, 0.3) is 0 Å². The molecule has 0 radical (unpaired) electrons. The number of carbonyl (C=O) groups is 1. The molecule has 1 unspecified atom stereocenters. The third-order valence-corrected chi connectivity index (χ3v) is 4.48. The Morgan fingerprint density at radius 3 is 3.15 bits per heavy atom. The third kappa shape index (κ3) is 2.52. The lowest BCUT2D eigenvalue weighted by Crippen LogP contribution is -2.31. The molecule has 4 N–H and O–H groups in total. The summed E-state index contributed by atoms with van der Waals surface area (Å²) in [6, 6.07) is 7.36. The number of rotatable bonds is 3. The standard InChI is InChI=1S/C14H16N4OS/c15-18-13-6-2-4-11(16-13)14(19)17-10-3-1-5-12-9(10)7-8-20-12/h2,4,6-8,10H,1,3,5,15H2,(H,16,18)(H,17,19). The van der Waals surface area contributed by atoms with Gasteiger partial charge >= 0.3 is 0 Å². The predicted molar refractivity (Wildman–Crippen MR) is 79.5 cm³/mol. The summed E-state index contributed by atoms with van der Waals surface area (Å²) >= 11 is 1.76. The number of nitrogen functional groups attached to an aromatic ring is 1. The summed E-state index contributed by atoms with van der Waals surface area (Å²) in [6.07, 6.45) is 3.20. The quantitative estimate of drug-likeness (QED) is 0.597. The lowest BCUT2D eigenvalue weighted by molar-refractivity contribution is 0.0928. The molecule has 0 saturated carbocycles. The van der Waals surface area contributed by atoms with E-state index < -0.39 is 0 Å². The summed E-state index contributed by atoms with van der Waals surface area (Å²) in [6.45, 7) is 0. The van der Waals surface area contributed by atoms with Crippen LogP contribution in [0.2, 0.25) is 0 Å². The first-order chi connectivity index (χ1) is 9.78. The van der Waals surface area contributed by atoms with Crippen molar-refractivity contribution in [2.24, 2.45) is 5.84 Å². The Morgan fingerprint density at radius 1 is 1.40 bits per heavy atom. The first kappa shape index (κ1) is 13.1. The van der Waals surface area contributed by atoms with E-state index in [-0.39, 0.29) is 11.9 Å². The molecule has 3 rings (SSSR count). The van der Waals surface area contributed by atoms with Gasteiger partial charge in [0.1, 0.15) is 11.5 Å². The normalized spacial score (nSPS) is 17.4. The van der Waals surface area contributed by atoms with Crippen LogP contribution in [0.15, 0.2) is 29.6 Å². The Bertz CT molecular complexity index is 625. The second-order valence-electron chi connectivity index (χ2n) is 4.77. The number of aromatic nitrogens is 1. The molecular formula is C14H16N4OS. The second-order valence-corrected chi connectivity index (χ2v) is 5.77. The zero-order valence-corrected chi connectivity index (χ0v) is 11.7. The van der Waals surface area contributed by atoms with Crippen molar-refractivity contribution in [1.29, 1.82) is 0 Å². The number of nitrogens with two attached hydrogens (primary N) is 1. The molecule has 0 spiro atoms. The average Bonchev–Trinajstić information content (AvgIpc) is 2.97. The molecule has 2 aromatic heterocycles. The Balaban J connectivity index is 1.77. The topological polar surface area (TPSA) is 80.0 Å². The summed E-state index contributed by atoms with van der Waals surface area (Å²) in [5, 5.41) is 5.16. The van der Waals surface area contributed by atoms with Crippen LogP contribution in [0, 0.1) is 0 Å². The number of amides is 1. The van der Waals surface area contributed by atoms with E-state index in [2.05, 4.69) is 27.2 Å². The highest BCUT2D eigenvalue weighted by atomic mass is 32.1.